The minimum absolute atomic E-state index is 1.33. The topological polar surface area (TPSA) is 6.48 Å². The Morgan fingerprint density at radius 1 is 0.440 bits per heavy atom. The van der Waals surface area contributed by atoms with E-state index in [0.717, 1.165) is 0 Å². The second-order valence-corrected chi connectivity index (χ2v) is 12.6. The largest absolute Gasteiger partial charge is 0.312 e. The Morgan fingerprint density at radius 3 is 0.880 bits per heavy atom. The molecule has 0 saturated heterocycles. The van der Waals surface area contributed by atoms with Gasteiger partial charge in [-0.1, -0.05) is 79.1 Å². The maximum absolute atomic E-state index is 2.94. The summed E-state index contributed by atoms with van der Waals surface area (Å²) < 4.78 is 5.88. The van der Waals surface area contributed by atoms with E-state index >= 15 is 0 Å². The van der Waals surface area contributed by atoms with Crippen molar-refractivity contribution >= 4 is 8.40 Å². The molecule has 0 heterocycles. The van der Waals surface area contributed by atoms with Gasteiger partial charge in [0.05, 0.1) is 0 Å². The second-order valence-electron chi connectivity index (χ2n) is 8.30. The molecule has 0 atom stereocenters. The molecule has 0 amide bonds. The number of nitrogens with zero attached hydrogens (tertiary/aromatic N) is 2. The molecule has 152 valence electrons. The predicted molar refractivity (Wildman–Crippen MR) is 119 cm³/mol. The van der Waals surface area contributed by atoms with Crippen LogP contribution in [-0.4, -0.2) is 43.7 Å². The fraction of sp³-hybridized carbons (Fsp3) is 1.00. The molecule has 0 aromatic rings. The summed E-state index contributed by atoms with van der Waals surface area (Å²) in [5.41, 5.74) is 0. The van der Waals surface area contributed by atoms with E-state index in [9.17, 15) is 0 Å². The van der Waals surface area contributed by atoms with Gasteiger partial charge in [-0.2, -0.15) is 0 Å². The second kappa shape index (κ2) is 16.3. The molecule has 0 fully saturated rings. The van der Waals surface area contributed by atoms with Crippen LogP contribution >= 0.6 is 0 Å². The lowest BCUT2D eigenvalue weighted by Crippen LogP contribution is -2.62. The number of hydrogen-bond donors (Lipinski definition) is 0. The summed E-state index contributed by atoms with van der Waals surface area (Å²) in [6.45, 7) is 19.9. The zero-order chi connectivity index (χ0) is 19.0. The van der Waals surface area contributed by atoms with Gasteiger partial charge in [0.1, 0.15) is 0 Å². The molecule has 0 aromatic carbocycles. The minimum atomic E-state index is -1.50. The van der Waals surface area contributed by atoms with Gasteiger partial charge in [-0.25, -0.2) is 0 Å². The van der Waals surface area contributed by atoms with Gasteiger partial charge < -0.3 is 9.13 Å². The molecule has 0 saturated carbocycles. The van der Waals surface area contributed by atoms with E-state index in [2.05, 4.69) is 49.9 Å². The molecule has 0 radical (unpaired) electrons. The van der Waals surface area contributed by atoms with Crippen LogP contribution < -0.4 is 0 Å². The van der Waals surface area contributed by atoms with E-state index in [4.69, 9.17) is 0 Å². The lowest BCUT2D eigenvalue weighted by atomic mass is 10.2. The van der Waals surface area contributed by atoms with Gasteiger partial charge in [0.25, 0.3) is 0 Å². The van der Waals surface area contributed by atoms with Crippen LogP contribution in [0.4, 0.5) is 0 Å². The third-order valence-electron chi connectivity index (χ3n) is 5.67. The van der Waals surface area contributed by atoms with Gasteiger partial charge in [0, 0.05) is 0 Å². The summed E-state index contributed by atoms with van der Waals surface area (Å²) in [5.74, 6) is 0. The van der Waals surface area contributed by atoms with Crippen molar-refractivity contribution in [3.8, 4) is 0 Å². The summed E-state index contributed by atoms with van der Waals surface area (Å²) in [6.07, 6.45) is 16.4. The summed E-state index contributed by atoms with van der Waals surface area (Å²) in [6, 6.07) is 0. The van der Waals surface area contributed by atoms with Crippen molar-refractivity contribution in [2.24, 2.45) is 0 Å². The van der Waals surface area contributed by atoms with Crippen molar-refractivity contribution in [3.05, 3.63) is 0 Å². The summed E-state index contributed by atoms with van der Waals surface area (Å²) in [7, 11) is -1.50. The van der Waals surface area contributed by atoms with E-state index < -0.39 is 8.40 Å². The zero-order valence-corrected chi connectivity index (χ0v) is 19.7. The minimum Gasteiger partial charge on any atom is -0.312 e. The van der Waals surface area contributed by atoms with Gasteiger partial charge >= 0.3 is 0 Å². The van der Waals surface area contributed by atoms with Gasteiger partial charge in [0.15, 0.2) is 8.40 Å². The highest BCUT2D eigenvalue weighted by Crippen LogP contribution is 2.20. The van der Waals surface area contributed by atoms with Crippen LogP contribution in [0.2, 0.25) is 13.1 Å². The first-order valence-electron chi connectivity index (χ1n) is 11.5. The third kappa shape index (κ3) is 11.5. The average Bonchev–Trinajstić information content (AvgIpc) is 2.59. The van der Waals surface area contributed by atoms with Crippen LogP contribution in [0.15, 0.2) is 0 Å². The molecule has 25 heavy (non-hydrogen) atoms. The smallest absolute Gasteiger partial charge is 0.200 e. The zero-order valence-electron chi connectivity index (χ0n) is 18.7. The molecule has 3 heteroatoms. The standard InChI is InChI=1S/C22H50N2Si/c1-7-11-15-19-23(20-16-12-8-2)25(5,6)24(21-17-13-9-3)22-18-14-10-4/h7-22H2,1-6H3. The van der Waals surface area contributed by atoms with Crippen molar-refractivity contribution < 1.29 is 0 Å². The Balaban J connectivity index is 4.92. The first kappa shape index (κ1) is 25.1. The van der Waals surface area contributed by atoms with E-state index in [1.165, 1.54) is 103 Å². The van der Waals surface area contributed by atoms with E-state index in [1.54, 1.807) is 0 Å². The first-order valence-corrected chi connectivity index (χ1v) is 14.4. The predicted octanol–water partition coefficient (Wildman–Crippen LogP) is 7.05. The highest BCUT2D eigenvalue weighted by Gasteiger charge is 2.35. The average molecular weight is 371 g/mol. The highest BCUT2D eigenvalue weighted by molar-refractivity contribution is 6.71. The van der Waals surface area contributed by atoms with Gasteiger partial charge in [0.2, 0.25) is 0 Å². The molecule has 2 nitrogen and oxygen atoms in total. The molecular formula is C22H50N2Si. The molecule has 0 N–H and O–H groups in total. The van der Waals surface area contributed by atoms with Crippen molar-refractivity contribution in [1.29, 1.82) is 0 Å². The molecule has 0 unspecified atom stereocenters. The van der Waals surface area contributed by atoms with Crippen LogP contribution in [0, 0.1) is 0 Å². The van der Waals surface area contributed by atoms with Gasteiger partial charge in [-0.3, -0.25) is 0 Å². The SMILES string of the molecule is CCCCCN(CCCCC)[Si](C)(C)N(CCCCC)CCCCC. The first-order chi connectivity index (χ1) is 12.0. The summed E-state index contributed by atoms with van der Waals surface area (Å²) in [5, 5.41) is 0. The van der Waals surface area contributed by atoms with E-state index in [1.807, 2.05) is 0 Å². The summed E-state index contributed by atoms with van der Waals surface area (Å²) in [4.78, 5) is 0. The molecule has 0 aromatic heterocycles. The van der Waals surface area contributed by atoms with Crippen molar-refractivity contribution in [3.63, 3.8) is 0 Å². The van der Waals surface area contributed by atoms with Crippen LogP contribution in [0.3, 0.4) is 0 Å². The fourth-order valence-electron chi connectivity index (χ4n) is 3.73. The van der Waals surface area contributed by atoms with Crippen LogP contribution in [0.1, 0.15) is 105 Å². The van der Waals surface area contributed by atoms with Crippen LogP contribution in [-0.2, 0) is 0 Å². The molecule has 0 bridgehead atoms. The highest BCUT2D eigenvalue weighted by atomic mass is 28.3. The third-order valence-corrected chi connectivity index (χ3v) is 9.66. The Labute approximate surface area is 161 Å². The van der Waals surface area contributed by atoms with Gasteiger partial charge in [-0.15, -0.1) is 0 Å². The van der Waals surface area contributed by atoms with Crippen molar-refractivity contribution in [1.82, 2.24) is 9.13 Å². The lowest BCUT2D eigenvalue weighted by molar-refractivity contribution is 0.306. The van der Waals surface area contributed by atoms with Crippen LogP contribution in [0.5, 0.6) is 0 Å². The van der Waals surface area contributed by atoms with Crippen LogP contribution in [0.25, 0.3) is 0 Å². The Kier molecular flexibility index (Phi) is 16.4. The Morgan fingerprint density at radius 2 is 0.680 bits per heavy atom. The fourth-order valence-corrected chi connectivity index (χ4v) is 6.95. The molecular weight excluding hydrogens is 320 g/mol. The quantitative estimate of drug-likeness (QED) is 0.188. The molecule has 0 spiro atoms. The Bertz CT molecular complexity index is 235. The van der Waals surface area contributed by atoms with Crippen molar-refractivity contribution in [2.75, 3.05) is 26.2 Å². The number of hydrogen-bond acceptors (Lipinski definition) is 2. The van der Waals surface area contributed by atoms with Gasteiger partial charge in [-0.05, 0) is 65.0 Å². The summed E-state index contributed by atoms with van der Waals surface area (Å²) >= 11 is 0. The normalized spacial score (nSPS) is 12.5. The molecule has 0 rings (SSSR count). The van der Waals surface area contributed by atoms with E-state index in [-0.39, 0.29) is 0 Å². The monoisotopic (exact) mass is 370 g/mol. The van der Waals surface area contributed by atoms with Crippen molar-refractivity contribution in [2.45, 2.75) is 118 Å². The molecule has 0 aliphatic heterocycles. The molecule has 0 aliphatic rings. The maximum Gasteiger partial charge on any atom is 0.200 e. The number of unbranched alkanes of at least 4 members (excludes halogenated alkanes) is 8. The Hall–Kier alpha value is 0.137. The van der Waals surface area contributed by atoms with E-state index in [0.29, 0.717) is 0 Å². The maximum atomic E-state index is 2.94. The lowest BCUT2D eigenvalue weighted by Gasteiger charge is -2.45. The molecule has 0 aliphatic carbocycles. The number of rotatable bonds is 18.